The topological polar surface area (TPSA) is 75.4 Å². The van der Waals surface area contributed by atoms with Gasteiger partial charge in [-0.3, -0.25) is 9.59 Å². The molecular weight excluding hydrogens is 230 g/mol. The van der Waals surface area contributed by atoms with E-state index >= 15 is 0 Å². The van der Waals surface area contributed by atoms with Crippen LogP contribution in [0.5, 0.6) is 0 Å². The van der Waals surface area contributed by atoms with Gasteiger partial charge in [0, 0.05) is 26.1 Å². The summed E-state index contributed by atoms with van der Waals surface area (Å²) in [6, 6.07) is -0.345. The lowest BCUT2D eigenvalue weighted by Crippen LogP contribution is -2.55. The Morgan fingerprint density at radius 1 is 1.39 bits per heavy atom. The molecule has 0 saturated carbocycles. The van der Waals surface area contributed by atoms with Gasteiger partial charge in [-0.05, 0) is 25.2 Å². The molecular formula is C13H25N3O2. The van der Waals surface area contributed by atoms with E-state index in [1.165, 1.54) is 6.92 Å². The lowest BCUT2D eigenvalue weighted by molar-refractivity contribution is -0.137. The van der Waals surface area contributed by atoms with Gasteiger partial charge < -0.3 is 16.0 Å². The highest BCUT2D eigenvalue weighted by Gasteiger charge is 2.30. The molecule has 2 amide bonds. The van der Waals surface area contributed by atoms with Gasteiger partial charge in [0.2, 0.25) is 11.8 Å². The first-order valence-electron chi connectivity index (χ1n) is 6.74. The Bertz CT molecular complexity index is 305. The van der Waals surface area contributed by atoms with Crippen molar-refractivity contribution < 1.29 is 9.59 Å². The van der Waals surface area contributed by atoms with Gasteiger partial charge in [-0.1, -0.05) is 13.8 Å². The predicted molar refractivity (Wildman–Crippen MR) is 70.8 cm³/mol. The summed E-state index contributed by atoms with van der Waals surface area (Å²) in [5.41, 5.74) is 5.93. The van der Waals surface area contributed by atoms with Gasteiger partial charge in [-0.15, -0.1) is 0 Å². The lowest BCUT2D eigenvalue weighted by atomic mass is 9.98. The molecule has 0 bridgehead atoms. The maximum Gasteiger partial charge on any atom is 0.240 e. The Kier molecular flexibility index (Phi) is 5.59. The second-order valence-electron chi connectivity index (χ2n) is 5.39. The summed E-state index contributed by atoms with van der Waals surface area (Å²) in [5, 5.41) is 2.79. The van der Waals surface area contributed by atoms with Crippen LogP contribution in [0.3, 0.4) is 0 Å². The van der Waals surface area contributed by atoms with Crippen LogP contribution < -0.4 is 11.1 Å². The third kappa shape index (κ3) is 3.98. The molecule has 0 aromatic carbocycles. The number of likely N-dealkylation sites (tertiary alicyclic amines) is 1. The lowest BCUT2D eigenvalue weighted by Gasteiger charge is -2.38. The van der Waals surface area contributed by atoms with Crippen molar-refractivity contribution in [3.8, 4) is 0 Å². The van der Waals surface area contributed by atoms with Gasteiger partial charge >= 0.3 is 0 Å². The van der Waals surface area contributed by atoms with E-state index in [-0.39, 0.29) is 23.8 Å². The van der Waals surface area contributed by atoms with Crippen LogP contribution in [0, 0.1) is 5.92 Å². The fourth-order valence-electron chi connectivity index (χ4n) is 2.24. The zero-order valence-corrected chi connectivity index (χ0v) is 11.6. The summed E-state index contributed by atoms with van der Waals surface area (Å²) in [4.78, 5) is 25.1. The molecule has 5 nitrogen and oxygen atoms in total. The molecule has 5 heteroatoms. The molecule has 1 aliphatic rings. The molecule has 0 radical (unpaired) electrons. The molecule has 0 aromatic heterocycles. The van der Waals surface area contributed by atoms with Gasteiger partial charge in [-0.2, -0.15) is 0 Å². The average molecular weight is 255 g/mol. The monoisotopic (exact) mass is 255 g/mol. The molecule has 18 heavy (non-hydrogen) atoms. The first-order valence-corrected chi connectivity index (χ1v) is 6.74. The maximum atomic E-state index is 12.3. The first kappa shape index (κ1) is 15.0. The van der Waals surface area contributed by atoms with Crippen LogP contribution in [0.1, 0.15) is 40.0 Å². The molecule has 0 aliphatic carbocycles. The summed E-state index contributed by atoms with van der Waals surface area (Å²) < 4.78 is 0. The zero-order valence-electron chi connectivity index (χ0n) is 11.6. The third-order valence-electron chi connectivity index (χ3n) is 3.50. The third-order valence-corrected chi connectivity index (χ3v) is 3.50. The van der Waals surface area contributed by atoms with Gasteiger partial charge in [0.15, 0.2) is 0 Å². The summed E-state index contributed by atoms with van der Waals surface area (Å²) in [7, 11) is 0. The number of nitrogens with two attached hydrogens (primary N) is 1. The van der Waals surface area contributed by atoms with Crippen LogP contribution >= 0.6 is 0 Å². The molecule has 104 valence electrons. The molecule has 1 heterocycles. The molecule has 0 aromatic rings. The van der Waals surface area contributed by atoms with E-state index in [4.69, 9.17) is 5.73 Å². The van der Waals surface area contributed by atoms with E-state index in [2.05, 4.69) is 5.32 Å². The van der Waals surface area contributed by atoms with E-state index in [1.807, 2.05) is 18.7 Å². The second-order valence-corrected chi connectivity index (χ2v) is 5.39. The smallest absolute Gasteiger partial charge is 0.240 e. The number of nitrogens with zero attached hydrogens (tertiary/aromatic N) is 1. The van der Waals surface area contributed by atoms with Gasteiger partial charge in [0.05, 0.1) is 6.04 Å². The van der Waals surface area contributed by atoms with E-state index in [0.717, 1.165) is 25.8 Å². The number of carbonyl (C=O) groups is 2. The van der Waals surface area contributed by atoms with Crippen molar-refractivity contribution in [1.29, 1.82) is 0 Å². The Morgan fingerprint density at radius 3 is 2.61 bits per heavy atom. The van der Waals surface area contributed by atoms with Crippen molar-refractivity contribution in [2.45, 2.75) is 52.1 Å². The van der Waals surface area contributed by atoms with Gasteiger partial charge in [0.25, 0.3) is 0 Å². The quantitative estimate of drug-likeness (QED) is 0.767. The number of hydrogen-bond acceptors (Lipinski definition) is 3. The Hall–Kier alpha value is -1.10. The normalized spacial score (nSPS) is 21.8. The van der Waals surface area contributed by atoms with Crippen LogP contribution in [0.25, 0.3) is 0 Å². The fourth-order valence-corrected chi connectivity index (χ4v) is 2.24. The Morgan fingerprint density at radius 2 is 2.06 bits per heavy atom. The number of nitrogens with one attached hydrogen (secondary N) is 1. The minimum Gasteiger partial charge on any atom is -0.354 e. The molecule has 3 N–H and O–H groups in total. The van der Waals surface area contributed by atoms with Crippen LogP contribution in [-0.4, -0.2) is 41.9 Å². The minimum absolute atomic E-state index is 0.0139. The second kappa shape index (κ2) is 6.73. The number of carbonyl (C=O) groups excluding carboxylic acids is 2. The fraction of sp³-hybridized carbons (Fsp3) is 0.846. The van der Waals surface area contributed by atoms with Gasteiger partial charge in [0.1, 0.15) is 0 Å². The van der Waals surface area contributed by atoms with Crippen LogP contribution in [-0.2, 0) is 9.59 Å². The van der Waals surface area contributed by atoms with Crippen molar-refractivity contribution in [2.75, 3.05) is 13.1 Å². The molecule has 1 rings (SSSR count). The summed E-state index contributed by atoms with van der Waals surface area (Å²) in [5.74, 6) is 0.0991. The Labute approximate surface area is 109 Å². The van der Waals surface area contributed by atoms with Crippen LogP contribution in [0.2, 0.25) is 0 Å². The van der Waals surface area contributed by atoms with Gasteiger partial charge in [-0.25, -0.2) is 0 Å². The predicted octanol–water partition coefficient (Wildman–Crippen LogP) is 0.487. The van der Waals surface area contributed by atoms with Crippen LogP contribution in [0.4, 0.5) is 0 Å². The molecule has 1 aliphatic heterocycles. The highest BCUT2D eigenvalue weighted by molar-refractivity contribution is 5.82. The van der Waals surface area contributed by atoms with Crippen molar-refractivity contribution in [2.24, 2.45) is 11.7 Å². The molecule has 0 unspecified atom stereocenters. The van der Waals surface area contributed by atoms with Crippen molar-refractivity contribution in [1.82, 2.24) is 10.2 Å². The first-order chi connectivity index (χ1) is 8.43. The standard InChI is InChI=1S/C13H25N3O2/c1-9(2)12(14)13(18)16-7-5-4-6-11(16)8-15-10(3)17/h9,11-12H,4-8,14H2,1-3H3,(H,15,17)/t11-,12+/m1/s1. The highest BCUT2D eigenvalue weighted by Crippen LogP contribution is 2.18. The van der Waals surface area contributed by atoms with Crippen molar-refractivity contribution in [3.05, 3.63) is 0 Å². The Balaban J connectivity index is 2.63. The zero-order chi connectivity index (χ0) is 13.7. The van der Waals surface area contributed by atoms with E-state index < -0.39 is 6.04 Å². The van der Waals surface area contributed by atoms with E-state index in [1.54, 1.807) is 0 Å². The summed E-state index contributed by atoms with van der Waals surface area (Å²) in [6.07, 6.45) is 3.06. The largest absolute Gasteiger partial charge is 0.354 e. The summed E-state index contributed by atoms with van der Waals surface area (Å²) >= 11 is 0. The SMILES string of the molecule is CC(=O)NC[C@H]1CCCCN1C(=O)[C@@H](N)C(C)C. The average Bonchev–Trinajstić information content (AvgIpc) is 2.34. The number of piperidine rings is 1. The van der Waals surface area contributed by atoms with E-state index in [0.29, 0.717) is 6.54 Å². The number of hydrogen-bond donors (Lipinski definition) is 2. The highest BCUT2D eigenvalue weighted by atomic mass is 16.2. The number of rotatable bonds is 4. The molecule has 1 fully saturated rings. The number of amides is 2. The van der Waals surface area contributed by atoms with E-state index in [9.17, 15) is 9.59 Å². The maximum absolute atomic E-state index is 12.3. The molecule has 1 saturated heterocycles. The summed E-state index contributed by atoms with van der Waals surface area (Å²) in [6.45, 7) is 6.69. The molecule has 2 atom stereocenters. The van der Waals surface area contributed by atoms with Crippen LogP contribution in [0.15, 0.2) is 0 Å². The molecule has 0 spiro atoms. The minimum atomic E-state index is -0.442. The van der Waals surface area contributed by atoms with Crippen molar-refractivity contribution >= 4 is 11.8 Å². The van der Waals surface area contributed by atoms with Crippen molar-refractivity contribution in [3.63, 3.8) is 0 Å².